The third-order valence-electron chi connectivity index (χ3n) is 4.86. The Kier molecular flexibility index (Phi) is 5.90. The molecule has 8 heteroatoms. The molecule has 0 saturated heterocycles. The van der Waals surface area contributed by atoms with Gasteiger partial charge in [-0.05, 0) is 12.5 Å². The number of benzene rings is 2. The summed E-state index contributed by atoms with van der Waals surface area (Å²) in [6.45, 7) is 1.94. The molecule has 2 aromatic carbocycles. The topological polar surface area (TPSA) is 106 Å². The van der Waals surface area contributed by atoms with E-state index in [0.29, 0.717) is 22.6 Å². The molecule has 0 aliphatic carbocycles. The normalized spacial score (nSPS) is 10.4. The van der Waals surface area contributed by atoms with E-state index in [9.17, 15) is 10.1 Å². The van der Waals surface area contributed by atoms with E-state index in [1.807, 2.05) is 60.7 Å². The van der Waals surface area contributed by atoms with Crippen molar-refractivity contribution in [3.63, 3.8) is 0 Å². The molecule has 4 aromatic rings. The summed E-state index contributed by atoms with van der Waals surface area (Å²) in [5.74, 6) is 0.0440. The summed E-state index contributed by atoms with van der Waals surface area (Å²) in [5.41, 5.74) is 3.30. The lowest BCUT2D eigenvalue weighted by atomic mass is 9.95. The van der Waals surface area contributed by atoms with Gasteiger partial charge in [0.1, 0.15) is 28.7 Å². The summed E-state index contributed by atoms with van der Waals surface area (Å²) in [6, 6.07) is 21.1. The molecule has 32 heavy (non-hydrogen) atoms. The molecule has 0 atom stereocenters. The van der Waals surface area contributed by atoms with Crippen LogP contribution in [0.3, 0.4) is 0 Å². The minimum atomic E-state index is -0.540. The molecule has 2 aromatic heterocycles. The Morgan fingerprint density at radius 3 is 2.34 bits per heavy atom. The number of nitrogens with one attached hydrogen (secondary N) is 1. The van der Waals surface area contributed by atoms with Crippen molar-refractivity contribution in [1.29, 1.82) is 5.26 Å². The maximum atomic E-state index is 13.2. The number of aryl methyl sites for hydroxylation is 1. The molecule has 0 fully saturated rings. The van der Waals surface area contributed by atoms with Gasteiger partial charge in [-0.15, -0.1) is 10.2 Å². The van der Waals surface area contributed by atoms with Gasteiger partial charge in [-0.2, -0.15) is 10.4 Å². The van der Waals surface area contributed by atoms with Crippen molar-refractivity contribution >= 4 is 17.6 Å². The van der Waals surface area contributed by atoms with E-state index >= 15 is 0 Å². The smallest absolute Gasteiger partial charge is 0.342 e. The second-order valence-electron chi connectivity index (χ2n) is 6.87. The summed E-state index contributed by atoms with van der Waals surface area (Å²) in [7, 11) is 1.69. The number of carbonyl (C=O) groups is 1. The second kappa shape index (κ2) is 9.10. The predicted molar refractivity (Wildman–Crippen MR) is 120 cm³/mol. The molecule has 1 N–H and O–H groups in total. The van der Waals surface area contributed by atoms with E-state index in [1.165, 1.54) is 10.9 Å². The van der Waals surface area contributed by atoms with Crippen molar-refractivity contribution in [2.45, 2.75) is 6.92 Å². The molecule has 0 aliphatic heterocycles. The summed E-state index contributed by atoms with van der Waals surface area (Å²) < 4.78 is 6.90. The zero-order valence-corrected chi connectivity index (χ0v) is 17.6. The Hall–Kier alpha value is -4.51. The largest absolute Gasteiger partial charge is 0.462 e. The van der Waals surface area contributed by atoms with Gasteiger partial charge in [0.05, 0.1) is 12.8 Å². The van der Waals surface area contributed by atoms with Gasteiger partial charge in [-0.1, -0.05) is 60.7 Å². The first-order valence-electron chi connectivity index (χ1n) is 10.0. The summed E-state index contributed by atoms with van der Waals surface area (Å²) in [4.78, 5) is 13.2. The average Bonchev–Trinajstić information content (AvgIpc) is 3.19. The van der Waals surface area contributed by atoms with E-state index in [-0.39, 0.29) is 18.0 Å². The van der Waals surface area contributed by atoms with Crippen LogP contribution in [0.25, 0.3) is 22.4 Å². The van der Waals surface area contributed by atoms with Crippen LogP contribution >= 0.6 is 0 Å². The van der Waals surface area contributed by atoms with Gasteiger partial charge in [0, 0.05) is 18.2 Å². The van der Waals surface area contributed by atoms with Crippen LogP contribution in [0.15, 0.2) is 66.9 Å². The van der Waals surface area contributed by atoms with Crippen LogP contribution in [0.4, 0.5) is 11.6 Å². The molecule has 158 valence electrons. The van der Waals surface area contributed by atoms with E-state index in [4.69, 9.17) is 4.74 Å². The second-order valence-corrected chi connectivity index (χ2v) is 6.87. The summed E-state index contributed by atoms with van der Waals surface area (Å²) >= 11 is 0. The fourth-order valence-corrected chi connectivity index (χ4v) is 3.39. The first-order chi connectivity index (χ1) is 15.6. The van der Waals surface area contributed by atoms with Gasteiger partial charge in [0.25, 0.3) is 0 Å². The monoisotopic (exact) mass is 424 g/mol. The first-order valence-corrected chi connectivity index (χ1v) is 10.0. The zero-order valence-electron chi connectivity index (χ0n) is 17.6. The molecule has 0 radical (unpaired) electrons. The molecule has 0 aliphatic rings. The fourth-order valence-electron chi connectivity index (χ4n) is 3.39. The number of anilines is 2. The van der Waals surface area contributed by atoms with Crippen molar-refractivity contribution in [2.75, 3.05) is 11.9 Å². The molecule has 0 unspecified atom stereocenters. The molecule has 0 bridgehead atoms. The van der Waals surface area contributed by atoms with Crippen LogP contribution in [-0.4, -0.2) is 32.6 Å². The number of carbonyl (C=O) groups excluding carboxylic acids is 1. The number of aromatic nitrogens is 4. The molecule has 2 heterocycles. The molecular formula is C24H20N6O2. The van der Waals surface area contributed by atoms with E-state index in [2.05, 4.69) is 26.7 Å². The minimum absolute atomic E-state index is 0.182. The maximum Gasteiger partial charge on any atom is 0.342 e. The van der Waals surface area contributed by atoms with Gasteiger partial charge < -0.3 is 10.1 Å². The number of rotatable bonds is 6. The highest BCUT2D eigenvalue weighted by Crippen LogP contribution is 2.37. The van der Waals surface area contributed by atoms with E-state index in [1.54, 1.807) is 14.0 Å². The third kappa shape index (κ3) is 3.91. The molecular weight excluding hydrogens is 404 g/mol. The van der Waals surface area contributed by atoms with Crippen molar-refractivity contribution < 1.29 is 9.53 Å². The van der Waals surface area contributed by atoms with Crippen LogP contribution in [0.1, 0.15) is 22.8 Å². The lowest BCUT2D eigenvalue weighted by Gasteiger charge is -2.17. The van der Waals surface area contributed by atoms with Gasteiger partial charge in [0.15, 0.2) is 5.82 Å². The number of esters is 1. The number of hydrogen-bond acceptors (Lipinski definition) is 7. The van der Waals surface area contributed by atoms with Crippen LogP contribution in [-0.2, 0) is 11.8 Å². The number of hydrogen-bond donors (Lipinski definition) is 1. The summed E-state index contributed by atoms with van der Waals surface area (Å²) in [5, 5.41) is 25.4. The fraction of sp³-hybridized carbons (Fsp3) is 0.125. The number of nitriles is 1. The summed E-state index contributed by atoms with van der Waals surface area (Å²) in [6.07, 6.45) is 1.44. The number of nitrogens with zero attached hydrogens (tertiary/aromatic N) is 5. The number of ether oxygens (including phenoxy) is 1. The van der Waals surface area contributed by atoms with E-state index < -0.39 is 5.97 Å². The molecule has 0 spiro atoms. The Balaban J connectivity index is 2.00. The first kappa shape index (κ1) is 20.8. The minimum Gasteiger partial charge on any atom is -0.462 e. The Morgan fingerprint density at radius 1 is 1.06 bits per heavy atom. The highest BCUT2D eigenvalue weighted by atomic mass is 16.5. The zero-order chi connectivity index (χ0) is 22.5. The lowest BCUT2D eigenvalue weighted by Crippen LogP contribution is -2.15. The van der Waals surface area contributed by atoms with Crippen LogP contribution in [0.5, 0.6) is 0 Å². The molecule has 0 saturated carbocycles. The average molecular weight is 424 g/mol. The molecule has 8 nitrogen and oxygen atoms in total. The predicted octanol–water partition coefficient (Wildman–Crippen LogP) is 4.34. The van der Waals surface area contributed by atoms with Gasteiger partial charge in [-0.25, -0.2) is 4.79 Å². The SMILES string of the molecule is CCOC(=O)c1c(Nc2c(C#N)cnn2C)nnc(-c2ccccc2)c1-c1ccccc1. The van der Waals surface area contributed by atoms with Crippen molar-refractivity contribution in [3.05, 3.63) is 78.0 Å². The van der Waals surface area contributed by atoms with E-state index in [0.717, 1.165) is 11.1 Å². The highest BCUT2D eigenvalue weighted by molar-refractivity contribution is 6.05. The van der Waals surface area contributed by atoms with Crippen LogP contribution < -0.4 is 5.32 Å². The van der Waals surface area contributed by atoms with Gasteiger partial charge in [-0.3, -0.25) is 4.68 Å². The Bertz CT molecular complexity index is 1290. The van der Waals surface area contributed by atoms with Gasteiger partial charge >= 0.3 is 5.97 Å². The maximum absolute atomic E-state index is 13.2. The highest BCUT2D eigenvalue weighted by Gasteiger charge is 2.26. The standard InChI is InChI=1S/C24H20N6O2/c1-3-32-24(31)20-19(16-10-6-4-7-11-16)21(17-12-8-5-9-13-17)28-29-22(20)27-23-18(14-25)15-26-30(23)2/h4-13,15H,3H2,1-2H3,(H,27,29). The lowest BCUT2D eigenvalue weighted by molar-refractivity contribution is 0.0528. The van der Waals surface area contributed by atoms with Crippen molar-refractivity contribution in [3.8, 4) is 28.5 Å². The van der Waals surface area contributed by atoms with Crippen LogP contribution in [0.2, 0.25) is 0 Å². The quantitative estimate of drug-likeness (QED) is 0.459. The molecule has 4 rings (SSSR count). The van der Waals surface area contributed by atoms with Crippen LogP contribution in [0, 0.1) is 11.3 Å². The van der Waals surface area contributed by atoms with Gasteiger partial charge in [0.2, 0.25) is 0 Å². The Morgan fingerprint density at radius 2 is 1.72 bits per heavy atom. The van der Waals surface area contributed by atoms with Crippen molar-refractivity contribution in [1.82, 2.24) is 20.0 Å². The Labute approximate surface area is 185 Å². The van der Waals surface area contributed by atoms with Crippen molar-refractivity contribution in [2.24, 2.45) is 7.05 Å². The third-order valence-corrected chi connectivity index (χ3v) is 4.86. The molecule has 0 amide bonds.